The Bertz CT molecular complexity index is 1070. The lowest BCUT2D eigenvalue weighted by Gasteiger charge is -2.38. The van der Waals surface area contributed by atoms with Gasteiger partial charge in [0.05, 0.1) is 11.0 Å². The van der Waals surface area contributed by atoms with E-state index in [-0.39, 0.29) is 23.8 Å². The van der Waals surface area contributed by atoms with Gasteiger partial charge >= 0.3 is 18.0 Å². The number of hydrogen-bond acceptors (Lipinski definition) is 6. The van der Waals surface area contributed by atoms with Gasteiger partial charge in [0.2, 0.25) is 0 Å². The number of nitro groups is 1. The van der Waals surface area contributed by atoms with Gasteiger partial charge in [-0.25, -0.2) is 9.78 Å². The number of benzene rings is 1. The second-order valence-electron chi connectivity index (χ2n) is 9.18. The fourth-order valence-corrected chi connectivity index (χ4v) is 4.91. The highest BCUT2D eigenvalue weighted by molar-refractivity contribution is 5.72. The molecule has 2 aliphatic rings. The molecular weight excluding hydrogens is 453 g/mol. The normalized spacial score (nSPS) is 24.6. The number of nitrogens with zero attached hydrogens (tertiary/aromatic N) is 3. The van der Waals surface area contributed by atoms with Crippen LogP contribution >= 0.6 is 0 Å². The van der Waals surface area contributed by atoms with E-state index >= 15 is 0 Å². The lowest BCUT2D eigenvalue weighted by atomic mass is 9.86. The third-order valence-corrected chi connectivity index (χ3v) is 6.43. The summed E-state index contributed by atoms with van der Waals surface area (Å²) >= 11 is 0. The molecule has 1 atom stereocenters. The highest BCUT2D eigenvalue weighted by Gasteiger charge is 2.51. The molecule has 0 unspecified atom stereocenters. The molecule has 1 aliphatic heterocycles. The zero-order chi connectivity index (χ0) is 24.7. The average Bonchev–Trinajstić information content (AvgIpc) is 3.02. The van der Waals surface area contributed by atoms with E-state index in [2.05, 4.69) is 10.3 Å². The van der Waals surface area contributed by atoms with E-state index in [0.717, 1.165) is 5.56 Å². The summed E-state index contributed by atoms with van der Waals surface area (Å²) in [6.45, 7) is 3.74. The fraction of sp³-hybridized carbons (Fsp3) is 0.478. The van der Waals surface area contributed by atoms with Crippen molar-refractivity contribution in [2.24, 2.45) is 0 Å². The standard InChI is InChI=1S/C23H25F3N4O4/c1-22(2)20(14-6-4-3-5-7-14)29(21(31)34-22)16-10-8-15(9-11-16)28-17-12-19(23(24,25)26)27-13-18(17)30(32)33/h3-7,12-13,15-16,20H,8-11H2,1-2H3,(H,27,28)/t15?,16?,20-/m0/s1. The van der Waals surface area contributed by atoms with E-state index < -0.39 is 34.2 Å². The van der Waals surface area contributed by atoms with Crippen LogP contribution in [0.15, 0.2) is 42.6 Å². The number of pyridine rings is 1. The third-order valence-electron chi connectivity index (χ3n) is 6.43. The predicted octanol–water partition coefficient (Wildman–Crippen LogP) is 5.70. The van der Waals surface area contributed by atoms with E-state index in [1.165, 1.54) is 0 Å². The summed E-state index contributed by atoms with van der Waals surface area (Å²) in [7, 11) is 0. The van der Waals surface area contributed by atoms with Crippen molar-refractivity contribution in [2.45, 2.75) is 69.4 Å². The van der Waals surface area contributed by atoms with Gasteiger partial charge in [-0.3, -0.25) is 15.0 Å². The molecule has 2 fully saturated rings. The molecule has 1 saturated carbocycles. The quantitative estimate of drug-likeness (QED) is 0.437. The number of halogens is 3. The fourth-order valence-electron chi connectivity index (χ4n) is 4.91. The molecule has 1 saturated heterocycles. The van der Waals surface area contributed by atoms with Crippen LogP contribution in [0.4, 0.5) is 29.3 Å². The van der Waals surface area contributed by atoms with Crippen LogP contribution in [0.3, 0.4) is 0 Å². The van der Waals surface area contributed by atoms with Gasteiger partial charge in [0.1, 0.15) is 23.2 Å². The number of anilines is 1. The van der Waals surface area contributed by atoms with Crippen molar-refractivity contribution in [1.29, 1.82) is 0 Å². The lowest BCUT2D eigenvalue weighted by Crippen LogP contribution is -2.44. The zero-order valence-corrected chi connectivity index (χ0v) is 18.7. The van der Waals surface area contributed by atoms with Crippen molar-refractivity contribution in [3.8, 4) is 0 Å². The Morgan fingerprint density at radius 3 is 2.41 bits per heavy atom. The molecule has 2 heterocycles. The second kappa shape index (κ2) is 8.77. The Kier molecular flexibility index (Phi) is 6.13. The number of hydrogen-bond donors (Lipinski definition) is 1. The second-order valence-corrected chi connectivity index (χ2v) is 9.18. The van der Waals surface area contributed by atoms with Crippen LogP contribution in [0.2, 0.25) is 0 Å². The Morgan fingerprint density at radius 2 is 1.82 bits per heavy atom. The van der Waals surface area contributed by atoms with E-state index in [0.29, 0.717) is 37.9 Å². The minimum absolute atomic E-state index is 0.115. The van der Waals surface area contributed by atoms with Crippen LogP contribution in [-0.4, -0.2) is 38.6 Å². The number of carbonyl (C=O) groups excluding carboxylic acids is 1. The monoisotopic (exact) mass is 478 g/mol. The van der Waals surface area contributed by atoms with Crippen LogP contribution in [0.25, 0.3) is 0 Å². The summed E-state index contributed by atoms with van der Waals surface area (Å²) in [6.07, 6.45) is -2.26. The zero-order valence-electron chi connectivity index (χ0n) is 18.7. The number of ether oxygens (including phenoxy) is 1. The van der Waals surface area contributed by atoms with Gasteiger partial charge in [0, 0.05) is 12.1 Å². The SMILES string of the molecule is CC1(C)OC(=O)N(C2CCC(Nc3cc(C(F)(F)F)ncc3[N+](=O)[O-])CC2)[C@H]1c1ccccc1. The molecular formula is C23H25F3N4O4. The lowest BCUT2D eigenvalue weighted by molar-refractivity contribution is -0.384. The van der Waals surface area contributed by atoms with Gasteiger partial charge in [-0.1, -0.05) is 30.3 Å². The molecule has 1 N–H and O–H groups in total. The number of aromatic nitrogens is 1. The molecule has 4 rings (SSSR count). The molecule has 0 bridgehead atoms. The highest BCUT2D eigenvalue weighted by atomic mass is 19.4. The molecule has 1 aromatic carbocycles. The van der Waals surface area contributed by atoms with Crippen molar-refractivity contribution in [1.82, 2.24) is 9.88 Å². The van der Waals surface area contributed by atoms with Gasteiger partial charge in [0.15, 0.2) is 0 Å². The van der Waals surface area contributed by atoms with Crippen LogP contribution in [0.1, 0.15) is 56.8 Å². The Balaban J connectivity index is 1.50. The summed E-state index contributed by atoms with van der Waals surface area (Å²) in [5, 5.41) is 14.2. The smallest absolute Gasteiger partial charge is 0.433 e. The number of amides is 1. The van der Waals surface area contributed by atoms with Crippen LogP contribution < -0.4 is 5.32 Å². The maximum Gasteiger partial charge on any atom is 0.433 e. The van der Waals surface area contributed by atoms with Crippen LogP contribution in [-0.2, 0) is 10.9 Å². The molecule has 2 aromatic rings. The minimum atomic E-state index is -4.71. The summed E-state index contributed by atoms with van der Waals surface area (Å²) in [6, 6.07) is 9.63. The molecule has 1 amide bonds. The van der Waals surface area contributed by atoms with Crippen molar-refractivity contribution in [3.63, 3.8) is 0 Å². The van der Waals surface area contributed by atoms with E-state index in [4.69, 9.17) is 4.74 Å². The van der Waals surface area contributed by atoms with Gasteiger partial charge in [-0.15, -0.1) is 0 Å². The molecule has 182 valence electrons. The first kappa shape index (κ1) is 23.8. The number of alkyl halides is 3. The molecule has 34 heavy (non-hydrogen) atoms. The van der Waals surface area contributed by atoms with Crippen LogP contribution in [0, 0.1) is 10.1 Å². The average molecular weight is 478 g/mol. The molecule has 0 radical (unpaired) electrons. The first-order chi connectivity index (χ1) is 16.0. The number of carbonyl (C=O) groups is 1. The highest BCUT2D eigenvalue weighted by Crippen LogP contribution is 2.45. The van der Waals surface area contributed by atoms with Crippen molar-refractivity contribution >= 4 is 17.5 Å². The Hall–Kier alpha value is -3.37. The minimum Gasteiger partial charge on any atom is -0.441 e. The largest absolute Gasteiger partial charge is 0.441 e. The summed E-state index contributed by atoms with van der Waals surface area (Å²) in [5.41, 5.74) is -1.67. The summed E-state index contributed by atoms with van der Waals surface area (Å²) in [5.74, 6) is 0. The van der Waals surface area contributed by atoms with E-state index in [1.807, 2.05) is 44.2 Å². The Labute approximate surface area is 194 Å². The number of cyclic esters (lactones) is 1. The van der Waals surface area contributed by atoms with Gasteiger partial charge < -0.3 is 10.1 Å². The van der Waals surface area contributed by atoms with Crippen molar-refractivity contribution < 1.29 is 27.6 Å². The van der Waals surface area contributed by atoms with Crippen molar-refractivity contribution in [2.75, 3.05) is 5.32 Å². The predicted molar refractivity (Wildman–Crippen MR) is 117 cm³/mol. The van der Waals surface area contributed by atoms with E-state index in [1.54, 1.807) is 4.90 Å². The van der Waals surface area contributed by atoms with Crippen molar-refractivity contribution in [3.05, 3.63) is 64.0 Å². The van der Waals surface area contributed by atoms with Gasteiger partial charge in [-0.05, 0) is 51.2 Å². The molecule has 0 spiro atoms. The van der Waals surface area contributed by atoms with Crippen LogP contribution in [0.5, 0.6) is 0 Å². The van der Waals surface area contributed by atoms with E-state index in [9.17, 15) is 28.1 Å². The molecule has 1 aromatic heterocycles. The van der Waals surface area contributed by atoms with Gasteiger partial charge in [0.25, 0.3) is 0 Å². The first-order valence-electron chi connectivity index (χ1n) is 11.0. The summed E-state index contributed by atoms with van der Waals surface area (Å²) < 4.78 is 44.9. The maximum atomic E-state index is 13.1. The summed E-state index contributed by atoms with van der Waals surface area (Å²) in [4.78, 5) is 28.3. The van der Waals surface area contributed by atoms with Gasteiger partial charge in [-0.2, -0.15) is 13.2 Å². The molecule has 8 nitrogen and oxygen atoms in total. The third kappa shape index (κ3) is 4.64. The molecule has 1 aliphatic carbocycles. The topological polar surface area (TPSA) is 97.6 Å². The maximum absolute atomic E-state index is 13.1. The Morgan fingerprint density at radius 1 is 1.18 bits per heavy atom. The first-order valence-corrected chi connectivity index (χ1v) is 11.0. The molecule has 11 heteroatoms. The number of nitrogens with one attached hydrogen (secondary N) is 1. The number of rotatable bonds is 5.